The van der Waals surface area contributed by atoms with E-state index >= 15 is 0 Å². The molecule has 8 heteroatoms. The maximum absolute atomic E-state index is 13.1. The molecule has 2 unspecified atom stereocenters. The summed E-state index contributed by atoms with van der Waals surface area (Å²) in [5, 5.41) is 0. The Labute approximate surface area is 356 Å². The van der Waals surface area contributed by atoms with Crippen LogP contribution in [0.4, 0.5) is 4.79 Å². The smallest absolute Gasteiger partial charge is 0.465 e. The van der Waals surface area contributed by atoms with Crippen molar-refractivity contribution in [3.8, 4) is 0 Å². The molecule has 0 radical (unpaired) electrons. The summed E-state index contributed by atoms with van der Waals surface area (Å²) < 4.78 is 22.2. The van der Waals surface area contributed by atoms with Gasteiger partial charge in [0.15, 0.2) is 0 Å². The molecule has 0 aliphatic carbocycles. The van der Waals surface area contributed by atoms with E-state index in [0.29, 0.717) is 18.9 Å². The van der Waals surface area contributed by atoms with Crippen LogP contribution in [0.1, 0.15) is 207 Å². The van der Waals surface area contributed by atoms with E-state index in [1.54, 1.807) is 6.08 Å². The normalized spacial score (nSPS) is 15.4. The lowest BCUT2D eigenvalue weighted by Gasteiger charge is -2.18. The number of ether oxygens (including phenoxy) is 4. The molecule has 0 bridgehead atoms. The van der Waals surface area contributed by atoms with Crippen LogP contribution >= 0.6 is 0 Å². The van der Waals surface area contributed by atoms with Crippen molar-refractivity contribution in [1.29, 1.82) is 0 Å². The molecule has 2 atom stereocenters. The number of hydrogen-bond donors (Lipinski definition) is 0. The molecule has 8 nitrogen and oxygen atoms in total. The Balaban J connectivity index is 2.57. The van der Waals surface area contributed by atoms with Crippen molar-refractivity contribution in [2.45, 2.75) is 207 Å². The number of likely N-dealkylation sites (tertiary alicyclic amines) is 1. The molecule has 58 heavy (non-hydrogen) atoms. The van der Waals surface area contributed by atoms with Gasteiger partial charge in [-0.1, -0.05) is 160 Å². The van der Waals surface area contributed by atoms with E-state index < -0.39 is 12.1 Å². The van der Waals surface area contributed by atoms with Gasteiger partial charge in [0.05, 0.1) is 12.5 Å². The van der Waals surface area contributed by atoms with Crippen molar-refractivity contribution in [1.82, 2.24) is 4.90 Å². The number of rotatable bonds is 39. The summed E-state index contributed by atoms with van der Waals surface area (Å²) in [5.74, 6) is -0.838. The average Bonchev–Trinajstić information content (AvgIpc) is 3.64. The van der Waals surface area contributed by atoms with E-state index in [4.69, 9.17) is 18.9 Å². The van der Waals surface area contributed by atoms with Gasteiger partial charge in [0.1, 0.15) is 19.8 Å². The Morgan fingerprint density at radius 2 is 1.05 bits per heavy atom. The number of hydrogen-bond acceptors (Lipinski definition) is 8. The Morgan fingerprint density at radius 1 is 0.569 bits per heavy atom. The molecule has 0 aromatic rings. The molecular formula is C50H89NO7. The zero-order valence-corrected chi connectivity index (χ0v) is 38.1. The number of unbranched alkanes of at least 4 members (excludes halogenated alkanes) is 20. The molecule has 0 amide bonds. The van der Waals surface area contributed by atoms with Crippen molar-refractivity contribution in [2.75, 3.05) is 46.6 Å². The van der Waals surface area contributed by atoms with Crippen LogP contribution in [0.25, 0.3) is 0 Å². The Kier molecular flexibility index (Phi) is 36.7. The first-order chi connectivity index (χ1) is 28.4. The minimum atomic E-state index is -0.742. The molecule has 0 aromatic carbocycles. The van der Waals surface area contributed by atoms with E-state index in [9.17, 15) is 14.4 Å². The van der Waals surface area contributed by atoms with Crippen LogP contribution in [-0.2, 0) is 28.5 Å². The predicted octanol–water partition coefficient (Wildman–Crippen LogP) is 13.8. The summed E-state index contributed by atoms with van der Waals surface area (Å²) in [7, 11) is 2.06. The van der Waals surface area contributed by atoms with E-state index in [-0.39, 0.29) is 31.8 Å². The van der Waals surface area contributed by atoms with Crippen LogP contribution in [-0.4, -0.2) is 69.6 Å². The third kappa shape index (κ3) is 34.3. The van der Waals surface area contributed by atoms with Crippen molar-refractivity contribution >= 4 is 18.1 Å². The topological polar surface area (TPSA) is 91.4 Å². The van der Waals surface area contributed by atoms with Gasteiger partial charge in [-0.05, 0) is 84.2 Å². The van der Waals surface area contributed by atoms with Crippen LogP contribution in [0.2, 0.25) is 0 Å². The van der Waals surface area contributed by atoms with Crippen LogP contribution in [0.5, 0.6) is 0 Å². The number of carbonyl (C=O) groups is 3. The van der Waals surface area contributed by atoms with Gasteiger partial charge in [0.2, 0.25) is 0 Å². The fourth-order valence-electron chi connectivity index (χ4n) is 7.38. The van der Waals surface area contributed by atoms with E-state index in [0.717, 1.165) is 95.7 Å². The average molecular weight is 816 g/mol. The van der Waals surface area contributed by atoms with E-state index in [1.807, 2.05) is 0 Å². The van der Waals surface area contributed by atoms with Gasteiger partial charge in [-0.15, -0.1) is 0 Å². The monoisotopic (exact) mass is 816 g/mol. The first kappa shape index (κ1) is 53.4. The van der Waals surface area contributed by atoms with Gasteiger partial charge in [0.25, 0.3) is 0 Å². The van der Waals surface area contributed by atoms with Crippen molar-refractivity contribution in [3.63, 3.8) is 0 Å². The third-order valence-electron chi connectivity index (χ3n) is 11.2. The number of esters is 2. The van der Waals surface area contributed by atoms with Gasteiger partial charge in [0, 0.05) is 25.0 Å². The second kappa shape index (κ2) is 39.8. The molecule has 1 aliphatic rings. The van der Waals surface area contributed by atoms with Gasteiger partial charge in [-0.2, -0.15) is 0 Å². The summed E-state index contributed by atoms with van der Waals surface area (Å²) in [4.78, 5) is 40.5. The van der Waals surface area contributed by atoms with E-state index in [2.05, 4.69) is 57.0 Å². The standard InChI is InChI=1S/C50H89NO7/c1-5-8-11-14-17-19-20-21-22-23-24-25-27-30-33-36-48(52)55-42-47(44-58-50(54)57-41-46-37-38-51(4)40-46)43-56-49(53)39-45(34-31-28-16-13-10-7-3)35-32-29-26-18-15-12-9-6-2/h17,19,21-22,39,46-47H,5-16,18,20,23-38,40-44H2,1-4H3/b19-17-,22-21-,45-39-. The molecule has 0 saturated carbocycles. The highest BCUT2D eigenvalue weighted by Crippen LogP contribution is 2.20. The fourth-order valence-corrected chi connectivity index (χ4v) is 7.38. The molecule has 1 fully saturated rings. The highest BCUT2D eigenvalue weighted by Gasteiger charge is 2.22. The highest BCUT2D eigenvalue weighted by atomic mass is 16.7. The van der Waals surface area contributed by atoms with Gasteiger partial charge in [-0.25, -0.2) is 9.59 Å². The van der Waals surface area contributed by atoms with Gasteiger partial charge in [-0.3, -0.25) is 4.79 Å². The molecular weight excluding hydrogens is 727 g/mol. The Morgan fingerprint density at radius 3 is 1.62 bits per heavy atom. The van der Waals surface area contributed by atoms with Gasteiger partial charge >= 0.3 is 18.1 Å². The highest BCUT2D eigenvalue weighted by molar-refractivity contribution is 5.82. The largest absolute Gasteiger partial charge is 0.508 e. The molecule has 1 aliphatic heterocycles. The third-order valence-corrected chi connectivity index (χ3v) is 11.2. The summed E-state index contributed by atoms with van der Waals surface area (Å²) in [6.45, 7) is 8.87. The quantitative estimate of drug-likeness (QED) is 0.0199. The van der Waals surface area contributed by atoms with Crippen molar-refractivity contribution < 1.29 is 33.3 Å². The Bertz CT molecular complexity index is 1090. The molecule has 336 valence electrons. The minimum Gasteiger partial charge on any atom is -0.465 e. The lowest BCUT2D eigenvalue weighted by atomic mass is 9.99. The Hall–Kier alpha value is -2.61. The second-order valence-electron chi connectivity index (χ2n) is 17.0. The SMILES string of the molecule is CCCCC/C=C\C/C=C\CCCCCCCC(=O)OCC(COC(=O)/C=C(/CCCCCCCC)CCCCCCCCCC)COC(=O)OCC1CCN(C)C1. The molecule has 1 rings (SSSR count). The number of allylic oxidation sites excluding steroid dienone is 5. The number of carbonyl (C=O) groups excluding carboxylic acids is 3. The molecule has 1 saturated heterocycles. The van der Waals surface area contributed by atoms with Crippen LogP contribution < -0.4 is 0 Å². The number of nitrogens with zero attached hydrogens (tertiary/aromatic N) is 1. The van der Waals surface area contributed by atoms with E-state index in [1.165, 1.54) is 103 Å². The van der Waals surface area contributed by atoms with Crippen LogP contribution in [0.3, 0.4) is 0 Å². The van der Waals surface area contributed by atoms with Gasteiger partial charge < -0.3 is 23.8 Å². The zero-order chi connectivity index (χ0) is 42.2. The fraction of sp³-hybridized carbons (Fsp3) is 0.820. The zero-order valence-electron chi connectivity index (χ0n) is 38.1. The predicted molar refractivity (Wildman–Crippen MR) is 241 cm³/mol. The maximum Gasteiger partial charge on any atom is 0.508 e. The van der Waals surface area contributed by atoms with Crippen molar-refractivity contribution in [2.24, 2.45) is 11.8 Å². The molecule has 1 heterocycles. The summed E-state index contributed by atoms with van der Waals surface area (Å²) in [6.07, 6.45) is 42.9. The summed E-state index contributed by atoms with van der Waals surface area (Å²) in [5.41, 5.74) is 1.16. The molecule has 0 aromatic heterocycles. The molecule has 0 N–H and O–H groups in total. The first-order valence-electron chi connectivity index (χ1n) is 24.2. The van der Waals surface area contributed by atoms with Crippen molar-refractivity contribution in [3.05, 3.63) is 36.0 Å². The first-order valence-corrected chi connectivity index (χ1v) is 24.2. The second-order valence-corrected chi connectivity index (χ2v) is 17.0. The van der Waals surface area contributed by atoms with Crippen LogP contribution in [0, 0.1) is 11.8 Å². The maximum atomic E-state index is 13.1. The summed E-state index contributed by atoms with van der Waals surface area (Å²) >= 11 is 0. The lowest BCUT2D eigenvalue weighted by Crippen LogP contribution is -2.27. The minimum absolute atomic E-state index is 0.00490. The van der Waals surface area contributed by atoms with Crippen LogP contribution in [0.15, 0.2) is 36.0 Å². The lowest BCUT2D eigenvalue weighted by molar-refractivity contribution is -0.148. The summed E-state index contributed by atoms with van der Waals surface area (Å²) in [6, 6.07) is 0. The molecule has 0 spiro atoms.